The molecule has 0 aliphatic carbocycles. The number of carbonyl (C=O) groups excluding carboxylic acids is 1. The maximum absolute atomic E-state index is 13.7. The molecule has 2 rings (SSSR count). The second kappa shape index (κ2) is 5.75. The van der Waals surface area contributed by atoms with Crippen molar-refractivity contribution in [1.82, 2.24) is 9.78 Å². The fourth-order valence-corrected chi connectivity index (χ4v) is 2.44. The molecule has 0 aliphatic rings. The maximum atomic E-state index is 13.7. The molecule has 0 radical (unpaired) electrons. The molecule has 20 heavy (non-hydrogen) atoms. The number of aryl methyl sites for hydroxylation is 2. The zero-order valence-corrected chi connectivity index (χ0v) is 13.1. The zero-order chi connectivity index (χ0) is 14.9. The van der Waals surface area contributed by atoms with E-state index in [0.29, 0.717) is 22.3 Å². The SMILES string of the molecule is CCn1nc(C)c(C(=O)Nc2ccc(Br)cc2F)c1C. The Morgan fingerprint density at radius 3 is 2.70 bits per heavy atom. The minimum absolute atomic E-state index is 0.154. The first kappa shape index (κ1) is 14.7. The molecule has 0 atom stereocenters. The molecule has 1 amide bonds. The Morgan fingerprint density at radius 2 is 2.15 bits per heavy atom. The molecule has 1 heterocycles. The molecule has 6 heteroatoms. The normalized spacial score (nSPS) is 10.7. The molecule has 0 aliphatic heterocycles. The number of nitrogens with one attached hydrogen (secondary N) is 1. The number of halogens is 2. The lowest BCUT2D eigenvalue weighted by Crippen LogP contribution is -2.15. The van der Waals surface area contributed by atoms with Crippen LogP contribution in [0.25, 0.3) is 0 Å². The highest BCUT2D eigenvalue weighted by Crippen LogP contribution is 2.21. The van der Waals surface area contributed by atoms with Gasteiger partial charge in [-0.1, -0.05) is 15.9 Å². The number of hydrogen-bond acceptors (Lipinski definition) is 2. The number of carbonyl (C=O) groups is 1. The lowest BCUT2D eigenvalue weighted by molar-refractivity contribution is 0.102. The molecule has 0 saturated heterocycles. The second-order valence-corrected chi connectivity index (χ2v) is 5.36. The van der Waals surface area contributed by atoms with Crippen LogP contribution in [-0.2, 0) is 6.54 Å². The van der Waals surface area contributed by atoms with Gasteiger partial charge in [-0.05, 0) is 39.0 Å². The third kappa shape index (κ3) is 2.75. The van der Waals surface area contributed by atoms with Crippen molar-refractivity contribution in [3.8, 4) is 0 Å². The molecule has 106 valence electrons. The highest BCUT2D eigenvalue weighted by atomic mass is 79.9. The van der Waals surface area contributed by atoms with Gasteiger partial charge in [-0.3, -0.25) is 9.48 Å². The van der Waals surface area contributed by atoms with Crippen LogP contribution in [0.3, 0.4) is 0 Å². The van der Waals surface area contributed by atoms with Crippen molar-refractivity contribution in [2.45, 2.75) is 27.3 Å². The molecule has 0 unspecified atom stereocenters. The van der Waals surface area contributed by atoms with E-state index in [2.05, 4.69) is 26.3 Å². The summed E-state index contributed by atoms with van der Waals surface area (Å²) in [6.07, 6.45) is 0. The summed E-state index contributed by atoms with van der Waals surface area (Å²) in [7, 11) is 0. The fourth-order valence-electron chi connectivity index (χ4n) is 2.11. The first-order valence-electron chi connectivity index (χ1n) is 6.24. The van der Waals surface area contributed by atoms with E-state index in [1.165, 1.54) is 12.1 Å². The highest BCUT2D eigenvalue weighted by Gasteiger charge is 2.19. The quantitative estimate of drug-likeness (QED) is 0.927. The van der Waals surface area contributed by atoms with Crippen LogP contribution in [0.5, 0.6) is 0 Å². The van der Waals surface area contributed by atoms with Crippen molar-refractivity contribution in [2.24, 2.45) is 0 Å². The summed E-state index contributed by atoms with van der Waals surface area (Å²) in [5.41, 5.74) is 2.06. The minimum atomic E-state index is -0.481. The van der Waals surface area contributed by atoms with Crippen LogP contribution in [0, 0.1) is 19.7 Å². The predicted molar refractivity (Wildman–Crippen MR) is 79.4 cm³/mol. The van der Waals surface area contributed by atoms with Gasteiger partial charge in [-0.25, -0.2) is 4.39 Å². The van der Waals surface area contributed by atoms with Gasteiger partial charge in [0.05, 0.1) is 16.9 Å². The van der Waals surface area contributed by atoms with Gasteiger partial charge in [-0.15, -0.1) is 0 Å². The number of aromatic nitrogens is 2. The van der Waals surface area contributed by atoms with Gasteiger partial charge >= 0.3 is 0 Å². The van der Waals surface area contributed by atoms with Crippen LogP contribution in [0.4, 0.5) is 10.1 Å². The van der Waals surface area contributed by atoms with Crippen LogP contribution in [0.15, 0.2) is 22.7 Å². The summed E-state index contributed by atoms with van der Waals surface area (Å²) in [6, 6.07) is 4.50. The third-order valence-corrected chi connectivity index (χ3v) is 3.58. The summed E-state index contributed by atoms with van der Waals surface area (Å²) in [5.74, 6) is -0.827. The fraction of sp³-hybridized carbons (Fsp3) is 0.286. The van der Waals surface area contributed by atoms with Gasteiger partial charge in [0, 0.05) is 16.7 Å². The predicted octanol–water partition coefficient (Wildman–Crippen LogP) is 3.67. The topological polar surface area (TPSA) is 46.9 Å². The van der Waals surface area contributed by atoms with Crippen LogP contribution >= 0.6 is 15.9 Å². The Labute approximate surface area is 125 Å². The molecule has 2 aromatic rings. The van der Waals surface area contributed by atoms with Gasteiger partial charge in [0.2, 0.25) is 0 Å². The van der Waals surface area contributed by atoms with Crippen LogP contribution < -0.4 is 5.32 Å². The first-order chi connectivity index (χ1) is 9.43. The molecular formula is C14H15BrFN3O. The van der Waals surface area contributed by atoms with Crippen LogP contribution in [0.1, 0.15) is 28.7 Å². The van der Waals surface area contributed by atoms with Gasteiger partial charge in [0.1, 0.15) is 5.82 Å². The van der Waals surface area contributed by atoms with E-state index in [9.17, 15) is 9.18 Å². The third-order valence-electron chi connectivity index (χ3n) is 3.09. The summed E-state index contributed by atoms with van der Waals surface area (Å²) in [5, 5.41) is 6.87. The van der Waals surface area contributed by atoms with E-state index in [1.807, 2.05) is 13.8 Å². The van der Waals surface area contributed by atoms with E-state index < -0.39 is 5.82 Å². The number of amides is 1. The summed E-state index contributed by atoms with van der Waals surface area (Å²) in [4.78, 5) is 12.3. The Bertz CT molecular complexity index is 667. The van der Waals surface area contributed by atoms with Crippen LogP contribution in [0.2, 0.25) is 0 Å². The number of benzene rings is 1. The Balaban J connectivity index is 2.31. The number of hydrogen-bond donors (Lipinski definition) is 1. The average Bonchev–Trinajstić information content (AvgIpc) is 2.67. The standard InChI is InChI=1S/C14H15BrFN3O/c1-4-19-9(3)13(8(2)18-19)14(20)17-12-6-5-10(15)7-11(12)16/h5-7H,4H2,1-3H3,(H,17,20). The van der Waals surface area contributed by atoms with Crippen LogP contribution in [-0.4, -0.2) is 15.7 Å². The average molecular weight is 340 g/mol. The first-order valence-corrected chi connectivity index (χ1v) is 7.03. The second-order valence-electron chi connectivity index (χ2n) is 4.44. The van der Waals surface area contributed by atoms with Gasteiger partial charge < -0.3 is 5.32 Å². The van der Waals surface area contributed by atoms with E-state index in [1.54, 1.807) is 17.7 Å². The Kier molecular flexibility index (Phi) is 4.23. The van der Waals surface area contributed by atoms with E-state index in [-0.39, 0.29) is 11.6 Å². The van der Waals surface area contributed by atoms with E-state index >= 15 is 0 Å². The van der Waals surface area contributed by atoms with Crippen molar-refractivity contribution in [2.75, 3.05) is 5.32 Å². The molecular weight excluding hydrogens is 325 g/mol. The molecule has 1 N–H and O–H groups in total. The lowest BCUT2D eigenvalue weighted by Gasteiger charge is -2.07. The molecule has 1 aromatic heterocycles. The zero-order valence-electron chi connectivity index (χ0n) is 11.5. The largest absolute Gasteiger partial charge is 0.319 e. The summed E-state index contributed by atoms with van der Waals surface area (Å²) < 4.78 is 16.1. The molecule has 0 fully saturated rings. The molecule has 0 bridgehead atoms. The van der Waals surface area contributed by atoms with E-state index in [0.717, 1.165) is 5.69 Å². The molecule has 4 nitrogen and oxygen atoms in total. The summed E-state index contributed by atoms with van der Waals surface area (Å²) >= 11 is 3.18. The van der Waals surface area contributed by atoms with E-state index in [4.69, 9.17) is 0 Å². The molecule has 0 saturated carbocycles. The summed E-state index contributed by atoms with van der Waals surface area (Å²) in [6.45, 7) is 6.24. The van der Waals surface area contributed by atoms with Gasteiger partial charge in [-0.2, -0.15) is 5.10 Å². The molecule has 0 spiro atoms. The van der Waals surface area contributed by atoms with Gasteiger partial charge in [0.15, 0.2) is 0 Å². The van der Waals surface area contributed by atoms with Crippen molar-refractivity contribution in [3.05, 3.63) is 45.4 Å². The molecule has 1 aromatic carbocycles. The maximum Gasteiger partial charge on any atom is 0.259 e. The van der Waals surface area contributed by atoms with Gasteiger partial charge in [0.25, 0.3) is 5.91 Å². The number of anilines is 1. The minimum Gasteiger partial charge on any atom is -0.319 e. The Hall–Kier alpha value is -1.69. The smallest absolute Gasteiger partial charge is 0.259 e. The van der Waals surface area contributed by atoms with Crippen molar-refractivity contribution in [3.63, 3.8) is 0 Å². The van der Waals surface area contributed by atoms with Crippen molar-refractivity contribution >= 4 is 27.5 Å². The van der Waals surface area contributed by atoms with Crippen molar-refractivity contribution in [1.29, 1.82) is 0 Å². The highest BCUT2D eigenvalue weighted by molar-refractivity contribution is 9.10. The Morgan fingerprint density at radius 1 is 1.45 bits per heavy atom. The number of nitrogens with zero attached hydrogens (tertiary/aromatic N) is 2. The lowest BCUT2D eigenvalue weighted by atomic mass is 10.1. The monoisotopic (exact) mass is 339 g/mol. The number of rotatable bonds is 3. The van der Waals surface area contributed by atoms with Crippen molar-refractivity contribution < 1.29 is 9.18 Å².